The zero-order valence-electron chi connectivity index (χ0n) is 13.1. The minimum Gasteiger partial charge on any atom is -0.490 e. The Morgan fingerprint density at radius 3 is 2.64 bits per heavy atom. The van der Waals surface area contributed by atoms with E-state index in [4.69, 9.17) is 10.00 Å². The van der Waals surface area contributed by atoms with Crippen LogP contribution in [0.2, 0.25) is 0 Å². The first-order valence-electron chi connectivity index (χ1n) is 7.51. The molecule has 4 nitrogen and oxygen atoms in total. The lowest BCUT2D eigenvalue weighted by molar-refractivity contribution is 0.0633. The minimum atomic E-state index is -0.630. The third-order valence-corrected chi connectivity index (χ3v) is 3.63. The first-order valence-corrected chi connectivity index (χ1v) is 7.51. The predicted molar refractivity (Wildman–Crippen MR) is 87.8 cm³/mol. The van der Waals surface area contributed by atoms with Crippen molar-refractivity contribution in [3.8, 4) is 11.8 Å². The van der Waals surface area contributed by atoms with Gasteiger partial charge in [0.05, 0.1) is 12.6 Å². The molecular formula is C18H22N2O2. The smallest absolute Gasteiger partial charge is 0.127 e. The minimum absolute atomic E-state index is 0.211. The van der Waals surface area contributed by atoms with Crippen molar-refractivity contribution in [2.75, 3.05) is 19.7 Å². The van der Waals surface area contributed by atoms with Crippen LogP contribution in [-0.2, 0) is 0 Å². The molecule has 0 aliphatic rings. The largest absolute Gasteiger partial charge is 0.490 e. The number of ether oxygens (including phenoxy) is 1. The summed E-state index contributed by atoms with van der Waals surface area (Å²) in [5, 5.41) is 21.1. The van der Waals surface area contributed by atoms with Gasteiger partial charge in [-0.3, -0.25) is 4.90 Å². The highest BCUT2D eigenvalue weighted by atomic mass is 16.5. The summed E-state index contributed by atoms with van der Waals surface area (Å²) in [6, 6.07) is 16.2. The Hall–Kier alpha value is -2.09. The van der Waals surface area contributed by atoms with E-state index in [1.54, 1.807) is 0 Å². The fraction of sp³-hybridized carbons (Fsp3) is 0.389. The molecule has 0 saturated heterocycles. The zero-order valence-corrected chi connectivity index (χ0v) is 13.1. The number of fused-ring (bicyclic) bond motifs is 1. The van der Waals surface area contributed by atoms with E-state index in [0.717, 1.165) is 16.5 Å². The lowest BCUT2D eigenvalue weighted by Crippen LogP contribution is -2.40. The number of nitriles is 1. The van der Waals surface area contributed by atoms with Crippen LogP contribution in [0.25, 0.3) is 10.8 Å². The number of hydrogen-bond acceptors (Lipinski definition) is 4. The first-order chi connectivity index (χ1) is 10.6. The average molecular weight is 298 g/mol. The van der Waals surface area contributed by atoms with Gasteiger partial charge in [-0.05, 0) is 25.3 Å². The number of aliphatic hydroxyl groups excluding tert-OH is 1. The second-order valence-corrected chi connectivity index (χ2v) is 5.62. The Labute approximate surface area is 131 Å². The molecule has 2 rings (SSSR count). The Morgan fingerprint density at radius 1 is 1.18 bits per heavy atom. The monoisotopic (exact) mass is 298 g/mol. The molecule has 0 spiro atoms. The summed E-state index contributed by atoms with van der Waals surface area (Å²) in [7, 11) is 0. The third-order valence-electron chi connectivity index (χ3n) is 3.63. The SMILES string of the molecule is CC(C)N(CC#N)CC(O)COc1cccc2ccccc12. The fourth-order valence-corrected chi connectivity index (χ4v) is 2.38. The predicted octanol–water partition coefficient (Wildman–Crippen LogP) is 2.81. The second kappa shape index (κ2) is 7.79. The summed E-state index contributed by atoms with van der Waals surface area (Å²) < 4.78 is 5.78. The van der Waals surface area contributed by atoms with Gasteiger partial charge >= 0.3 is 0 Å². The van der Waals surface area contributed by atoms with E-state index in [9.17, 15) is 5.11 Å². The lowest BCUT2D eigenvalue weighted by Gasteiger charge is -2.26. The molecule has 0 radical (unpaired) electrons. The van der Waals surface area contributed by atoms with Crippen molar-refractivity contribution >= 4 is 10.8 Å². The number of nitrogens with zero attached hydrogens (tertiary/aromatic N) is 2. The fourth-order valence-electron chi connectivity index (χ4n) is 2.38. The quantitative estimate of drug-likeness (QED) is 0.799. The Morgan fingerprint density at radius 2 is 1.91 bits per heavy atom. The molecule has 1 unspecified atom stereocenters. The van der Waals surface area contributed by atoms with Crippen molar-refractivity contribution in [3.63, 3.8) is 0 Å². The molecule has 2 aromatic carbocycles. The van der Waals surface area contributed by atoms with Gasteiger partial charge in [0, 0.05) is 18.0 Å². The molecule has 4 heteroatoms. The van der Waals surface area contributed by atoms with Crippen molar-refractivity contribution < 1.29 is 9.84 Å². The summed E-state index contributed by atoms with van der Waals surface area (Å²) in [5.74, 6) is 0.772. The highest BCUT2D eigenvalue weighted by molar-refractivity contribution is 5.88. The standard InChI is InChI=1S/C18H22N2O2/c1-14(2)20(11-10-19)12-16(21)13-22-18-9-5-7-15-6-3-4-8-17(15)18/h3-9,14,16,21H,11-13H2,1-2H3. The van der Waals surface area contributed by atoms with Crippen LogP contribution in [0.5, 0.6) is 5.75 Å². The number of aliphatic hydroxyl groups is 1. The van der Waals surface area contributed by atoms with Crippen LogP contribution in [-0.4, -0.2) is 41.8 Å². The Kier molecular flexibility index (Phi) is 5.76. The summed E-state index contributed by atoms with van der Waals surface area (Å²) in [4.78, 5) is 1.93. The van der Waals surface area contributed by atoms with Crippen LogP contribution in [0.15, 0.2) is 42.5 Å². The van der Waals surface area contributed by atoms with E-state index in [1.807, 2.05) is 61.2 Å². The molecule has 0 aliphatic heterocycles. The van der Waals surface area contributed by atoms with Crippen molar-refractivity contribution in [3.05, 3.63) is 42.5 Å². The van der Waals surface area contributed by atoms with Crippen LogP contribution in [0, 0.1) is 11.3 Å². The van der Waals surface area contributed by atoms with E-state index < -0.39 is 6.10 Å². The summed E-state index contributed by atoms with van der Waals surface area (Å²) in [6.45, 7) is 4.97. The van der Waals surface area contributed by atoms with Crippen LogP contribution >= 0.6 is 0 Å². The highest BCUT2D eigenvalue weighted by Gasteiger charge is 2.15. The zero-order chi connectivity index (χ0) is 15.9. The molecule has 0 bridgehead atoms. The topological polar surface area (TPSA) is 56.5 Å². The van der Waals surface area contributed by atoms with Gasteiger partial charge in [-0.25, -0.2) is 0 Å². The van der Waals surface area contributed by atoms with Gasteiger partial charge in [0.15, 0.2) is 0 Å². The van der Waals surface area contributed by atoms with Gasteiger partial charge in [0.1, 0.15) is 18.5 Å². The van der Waals surface area contributed by atoms with Crippen molar-refractivity contribution in [1.29, 1.82) is 5.26 Å². The number of hydrogen-bond donors (Lipinski definition) is 1. The average Bonchev–Trinajstić information content (AvgIpc) is 2.52. The molecule has 1 N–H and O–H groups in total. The van der Waals surface area contributed by atoms with E-state index in [0.29, 0.717) is 13.1 Å². The van der Waals surface area contributed by atoms with E-state index >= 15 is 0 Å². The van der Waals surface area contributed by atoms with Crippen molar-refractivity contribution in [2.45, 2.75) is 26.0 Å². The molecular weight excluding hydrogens is 276 g/mol. The Bertz CT molecular complexity index is 644. The number of rotatable bonds is 7. The molecule has 0 aromatic heterocycles. The molecule has 1 atom stereocenters. The van der Waals surface area contributed by atoms with Crippen LogP contribution in [0.4, 0.5) is 0 Å². The van der Waals surface area contributed by atoms with Gasteiger partial charge in [-0.1, -0.05) is 36.4 Å². The maximum absolute atomic E-state index is 10.2. The van der Waals surface area contributed by atoms with E-state index in [-0.39, 0.29) is 12.6 Å². The molecule has 22 heavy (non-hydrogen) atoms. The van der Waals surface area contributed by atoms with Gasteiger partial charge in [0.25, 0.3) is 0 Å². The van der Waals surface area contributed by atoms with E-state index in [2.05, 4.69) is 6.07 Å². The van der Waals surface area contributed by atoms with Gasteiger partial charge in [-0.2, -0.15) is 5.26 Å². The van der Waals surface area contributed by atoms with Gasteiger partial charge in [0.2, 0.25) is 0 Å². The summed E-state index contributed by atoms with van der Waals surface area (Å²) >= 11 is 0. The third kappa shape index (κ3) is 4.20. The van der Waals surface area contributed by atoms with E-state index in [1.165, 1.54) is 0 Å². The second-order valence-electron chi connectivity index (χ2n) is 5.62. The van der Waals surface area contributed by atoms with Crippen LogP contribution in [0.3, 0.4) is 0 Å². The van der Waals surface area contributed by atoms with Crippen LogP contribution in [0.1, 0.15) is 13.8 Å². The van der Waals surface area contributed by atoms with Gasteiger partial charge in [-0.15, -0.1) is 0 Å². The number of benzene rings is 2. The molecule has 2 aromatic rings. The van der Waals surface area contributed by atoms with Crippen molar-refractivity contribution in [2.24, 2.45) is 0 Å². The molecule has 0 saturated carbocycles. The maximum Gasteiger partial charge on any atom is 0.127 e. The molecule has 0 fully saturated rings. The molecule has 116 valence electrons. The highest BCUT2D eigenvalue weighted by Crippen LogP contribution is 2.25. The lowest BCUT2D eigenvalue weighted by atomic mass is 10.1. The molecule has 0 aliphatic carbocycles. The molecule has 0 amide bonds. The van der Waals surface area contributed by atoms with Crippen molar-refractivity contribution in [1.82, 2.24) is 4.90 Å². The maximum atomic E-state index is 10.2. The Balaban J connectivity index is 1.98. The first kappa shape index (κ1) is 16.3. The molecule has 0 heterocycles. The van der Waals surface area contributed by atoms with Crippen LogP contribution < -0.4 is 4.74 Å². The summed E-state index contributed by atoms with van der Waals surface area (Å²) in [6.07, 6.45) is -0.630. The van der Waals surface area contributed by atoms with Gasteiger partial charge < -0.3 is 9.84 Å². The summed E-state index contributed by atoms with van der Waals surface area (Å²) in [5.41, 5.74) is 0. The normalized spacial score (nSPS) is 12.5.